The van der Waals surface area contributed by atoms with Gasteiger partial charge in [-0.05, 0) is 48.5 Å². The Hall–Kier alpha value is -2.98. The molecule has 0 saturated heterocycles. The predicted molar refractivity (Wildman–Crippen MR) is 94.0 cm³/mol. The van der Waals surface area contributed by atoms with Gasteiger partial charge in [-0.15, -0.1) is 0 Å². The molecule has 0 radical (unpaired) electrons. The van der Waals surface area contributed by atoms with Crippen molar-refractivity contribution in [3.05, 3.63) is 59.9 Å². The molecule has 27 heavy (non-hydrogen) atoms. The minimum Gasteiger partial charge on any atom is -0.467 e. The first kappa shape index (κ1) is 20.3. The SMILES string of the molecule is COC(=O)[C@@H](CO)NC(=O)c1ccc(NS(=O)(=O)c2ccc(F)cc2)cc1. The van der Waals surface area contributed by atoms with Crippen LogP contribution in [-0.4, -0.2) is 45.2 Å². The molecule has 0 saturated carbocycles. The second-order valence-corrected chi connectivity index (χ2v) is 7.05. The Labute approximate surface area is 155 Å². The number of amides is 1. The van der Waals surface area contributed by atoms with Gasteiger partial charge in [0.15, 0.2) is 6.04 Å². The molecule has 8 nitrogen and oxygen atoms in total. The minimum atomic E-state index is -3.91. The summed E-state index contributed by atoms with van der Waals surface area (Å²) in [6.07, 6.45) is 0. The van der Waals surface area contributed by atoms with Gasteiger partial charge in [-0.1, -0.05) is 0 Å². The summed E-state index contributed by atoms with van der Waals surface area (Å²) in [5.41, 5.74) is 0.324. The Bertz CT molecular complexity index is 913. The van der Waals surface area contributed by atoms with E-state index in [-0.39, 0.29) is 16.1 Å². The number of anilines is 1. The zero-order valence-electron chi connectivity index (χ0n) is 14.2. The number of rotatable bonds is 7. The van der Waals surface area contributed by atoms with Gasteiger partial charge in [0.1, 0.15) is 5.82 Å². The van der Waals surface area contributed by atoms with E-state index in [2.05, 4.69) is 14.8 Å². The van der Waals surface area contributed by atoms with Crippen LogP contribution in [0.3, 0.4) is 0 Å². The number of hydrogen-bond acceptors (Lipinski definition) is 6. The van der Waals surface area contributed by atoms with Crippen molar-refractivity contribution in [2.45, 2.75) is 10.9 Å². The lowest BCUT2D eigenvalue weighted by atomic mass is 10.2. The highest BCUT2D eigenvalue weighted by atomic mass is 32.2. The monoisotopic (exact) mass is 396 g/mol. The van der Waals surface area contributed by atoms with Crippen molar-refractivity contribution < 1.29 is 32.2 Å². The zero-order chi connectivity index (χ0) is 20.0. The molecule has 0 aliphatic carbocycles. The van der Waals surface area contributed by atoms with Gasteiger partial charge in [-0.3, -0.25) is 9.52 Å². The van der Waals surface area contributed by atoms with Crippen molar-refractivity contribution in [1.82, 2.24) is 5.32 Å². The molecule has 1 amide bonds. The van der Waals surface area contributed by atoms with Crippen molar-refractivity contribution in [2.24, 2.45) is 0 Å². The van der Waals surface area contributed by atoms with Gasteiger partial charge in [0.2, 0.25) is 0 Å². The fourth-order valence-corrected chi connectivity index (χ4v) is 3.14. The molecule has 0 aliphatic rings. The number of aliphatic hydroxyl groups excluding tert-OH is 1. The van der Waals surface area contributed by atoms with E-state index in [4.69, 9.17) is 5.11 Å². The first-order chi connectivity index (χ1) is 12.8. The largest absolute Gasteiger partial charge is 0.467 e. The smallest absolute Gasteiger partial charge is 0.330 e. The van der Waals surface area contributed by atoms with Crippen molar-refractivity contribution in [3.63, 3.8) is 0 Å². The van der Waals surface area contributed by atoms with Crippen molar-refractivity contribution in [1.29, 1.82) is 0 Å². The molecule has 0 unspecified atom stereocenters. The van der Waals surface area contributed by atoms with Crippen LogP contribution in [0.2, 0.25) is 0 Å². The average molecular weight is 396 g/mol. The maximum Gasteiger partial charge on any atom is 0.330 e. The number of hydrogen-bond donors (Lipinski definition) is 3. The highest BCUT2D eigenvalue weighted by molar-refractivity contribution is 7.92. The van der Waals surface area contributed by atoms with E-state index in [9.17, 15) is 22.4 Å². The van der Waals surface area contributed by atoms with Crippen LogP contribution in [0.5, 0.6) is 0 Å². The Morgan fingerprint density at radius 2 is 1.70 bits per heavy atom. The van der Waals surface area contributed by atoms with Crippen LogP contribution in [0.25, 0.3) is 0 Å². The van der Waals surface area contributed by atoms with Crippen LogP contribution in [0.4, 0.5) is 10.1 Å². The molecule has 2 rings (SSSR count). The third-order valence-electron chi connectivity index (χ3n) is 3.50. The van der Waals surface area contributed by atoms with Gasteiger partial charge < -0.3 is 15.2 Å². The molecule has 3 N–H and O–H groups in total. The topological polar surface area (TPSA) is 122 Å². The maximum absolute atomic E-state index is 12.9. The van der Waals surface area contributed by atoms with E-state index < -0.39 is 40.4 Å². The van der Waals surface area contributed by atoms with Crippen LogP contribution in [-0.2, 0) is 19.6 Å². The number of aliphatic hydroxyl groups is 1. The van der Waals surface area contributed by atoms with Crippen LogP contribution in [0.15, 0.2) is 53.4 Å². The fraction of sp³-hybridized carbons (Fsp3) is 0.176. The van der Waals surface area contributed by atoms with Gasteiger partial charge in [0, 0.05) is 11.3 Å². The number of sulfonamides is 1. The highest BCUT2D eigenvalue weighted by Crippen LogP contribution is 2.17. The van der Waals surface area contributed by atoms with Gasteiger partial charge in [-0.2, -0.15) is 0 Å². The van der Waals surface area contributed by atoms with E-state index >= 15 is 0 Å². The number of carbonyl (C=O) groups is 2. The second kappa shape index (κ2) is 8.60. The molecule has 0 heterocycles. The molecule has 1 atom stereocenters. The van der Waals surface area contributed by atoms with Crippen LogP contribution in [0, 0.1) is 5.82 Å². The van der Waals surface area contributed by atoms with Crippen LogP contribution in [0.1, 0.15) is 10.4 Å². The van der Waals surface area contributed by atoms with E-state index in [1.54, 1.807) is 0 Å². The predicted octanol–water partition coefficient (Wildman–Crippen LogP) is 0.890. The quantitative estimate of drug-likeness (QED) is 0.598. The van der Waals surface area contributed by atoms with Crippen molar-refractivity contribution in [3.8, 4) is 0 Å². The number of esters is 1. The lowest BCUT2D eigenvalue weighted by Crippen LogP contribution is -2.44. The van der Waals surface area contributed by atoms with Crippen molar-refractivity contribution >= 4 is 27.6 Å². The summed E-state index contributed by atoms with van der Waals surface area (Å²) in [4.78, 5) is 23.3. The zero-order valence-corrected chi connectivity index (χ0v) is 15.0. The normalized spacial score (nSPS) is 12.1. The Morgan fingerprint density at radius 3 is 2.22 bits per heavy atom. The first-order valence-corrected chi connectivity index (χ1v) is 9.13. The summed E-state index contributed by atoms with van der Waals surface area (Å²) in [5, 5.41) is 11.4. The molecule has 0 fully saturated rings. The number of nitrogens with one attached hydrogen (secondary N) is 2. The Balaban J connectivity index is 2.09. The van der Waals surface area contributed by atoms with Crippen LogP contribution < -0.4 is 10.0 Å². The third kappa shape index (κ3) is 5.25. The number of benzene rings is 2. The van der Waals surface area contributed by atoms with Gasteiger partial charge in [-0.25, -0.2) is 17.6 Å². The summed E-state index contributed by atoms with van der Waals surface area (Å²) in [7, 11) is -2.79. The average Bonchev–Trinajstić information content (AvgIpc) is 2.66. The molecular formula is C17H17FN2O6S. The summed E-state index contributed by atoms with van der Waals surface area (Å²) >= 11 is 0. The molecule has 0 spiro atoms. The third-order valence-corrected chi connectivity index (χ3v) is 4.89. The number of halogens is 1. The van der Waals surface area contributed by atoms with Crippen LogP contribution >= 0.6 is 0 Å². The standard InChI is InChI=1S/C17H17FN2O6S/c1-26-17(23)15(10-21)19-16(22)11-2-6-13(7-3-11)20-27(24,25)14-8-4-12(18)5-9-14/h2-9,15,20-21H,10H2,1H3,(H,19,22)/t15-/m1/s1. The van der Waals surface area contributed by atoms with E-state index in [1.165, 1.54) is 24.3 Å². The molecule has 144 valence electrons. The highest BCUT2D eigenvalue weighted by Gasteiger charge is 2.21. The summed E-state index contributed by atoms with van der Waals surface area (Å²) < 4.78 is 44.1. The van der Waals surface area contributed by atoms with Gasteiger partial charge in [0.05, 0.1) is 18.6 Å². The van der Waals surface area contributed by atoms with E-state index in [0.717, 1.165) is 31.4 Å². The molecular weight excluding hydrogens is 379 g/mol. The maximum atomic E-state index is 12.9. The Kier molecular flexibility index (Phi) is 6.48. The molecule has 0 aliphatic heterocycles. The molecule has 0 aromatic heterocycles. The summed E-state index contributed by atoms with van der Waals surface area (Å²) in [5.74, 6) is -2.00. The lowest BCUT2D eigenvalue weighted by Gasteiger charge is -2.14. The minimum absolute atomic E-state index is 0.116. The second-order valence-electron chi connectivity index (χ2n) is 5.37. The molecule has 2 aromatic carbocycles. The molecule has 10 heteroatoms. The van der Waals surface area contributed by atoms with Gasteiger partial charge >= 0.3 is 5.97 Å². The fourth-order valence-electron chi connectivity index (χ4n) is 2.08. The Morgan fingerprint density at radius 1 is 1.11 bits per heavy atom. The first-order valence-electron chi connectivity index (χ1n) is 7.65. The molecule has 0 bridgehead atoms. The van der Waals surface area contributed by atoms with Gasteiger partial charge in [0.25, 0.3) is 15.9 Å². The van der Waals surface area contributed by atoms with E-state index in [0.29, 0.717) is 0 Å². The summed E-state index contributed by atoms with van der Waals surface area (Å²) in [6, 6.07) is 8.47. The number of carbonyl (C=O) groups excluding carboxylic acids is 2. The van der Waals surface area contributed by atoms with Crippen molar-refractivity contribution in [2.75, 3.05) is 18.4 Å². The number of methoxy groups -OCH3 is 1. The molecule has 2 aromatic rings. The number of ether oxygens (including phenoxy) is 1. The summed E-state index contributed by atoms with van der Waals surface area (Å²) in [6.45, 7) is -0.631. The van der Waals surface area contributed by atoms with E-state index in [1.807, 2.05) is 0 Å². The lowest BCUT2D eigenvalue weighted by molar-refractivity contribution is -0.143.